The Bertz CT molecular complexity index is 682. The first-order valence-electron chi connectivity index (χ1n) is 8.16. The van der Waals surface area contributed by atoms with Gasteiger partial charge in [0.25, 0.3) is 0 Å². The van der Waals surface area contributed by atoms with Gasteiger partial charge in [-0.25, -0.2) is 4.98 Å². The van der Waals surface area contributed by atoms with E-state index in [1.165, 1.54) is 11.3 Å². The quantitative estimate of drug-likeness (QED) is 0.759. The van der Waals surface area contributed by atoms with Crippen molar-refractivity contribution < 1.29 is 9.53 Å². The van der Waals surface area contributed by atoms with Gasteiger partial charge in [-0.3, -0.25) is 9.69 Å². The highest BCUT2D eigenvalue weighted by molar-refractivity contribution is 7.22. The van der Waals surface area contributed by atoms with E-state index in [1.807, 2.05) is 18.2 Å². The van der Waals surface area contributed by atoms with Gasteiger partial charge in [-0.15, -0.1) is 0 Å². The van der Waals surface area contributed by atoms with Gasteiger partial charge >= 0.3 is 0 Å². The summed E-state index contributed by atoms with van der Waals surface area (Å²) in [5.74, 6) is 0.123. The molecule has 1 aliphatic rings. The number of hydrogen-bond acceptors (Lipinski definition) is 4. The fourth-order valence-electron chi connectivity index (χ4n) is 2.76. The third kappa shape index (κ3) is 3.84. The summed E-state index contributed by atoms with van der Waals surface area (Å²) in [5.41, 5.74) is 0.773. The van der Waals surface area contributed by atoms with Gasteiger partial charge in [0.05, 0.1) is 22.4 Å². The molecule has 1 saturated heterocycles. The number of aromatic nitrogens is 1. The molecule has 4 nitrogen and oxygen atoms in total. The van der Waals surface area contributed by atoms with Crippen LogP contribution in [0.2, 0.25) is 5.02 Å². The average molecular weight is 353 g/mol. The fraction of sp³-hybridized carbons (Fsp3) is 0.529. The maximum absolute atomic E-state index is 12.7. The molecule has 1 unspecified atom stereocenters. The monoisotopic (exact) mass is 352 g/mol. The molecular formula is C17H21ClN2O2S. The predicted octanol–water partition coefficient (Wildman–Crippen LogP) is 4.65. The largest absolute Gasteiger partial charge is 0.376 e. The molecule has 6 heteroatoms. The number of halogens is 1. The zero-order valence-electron chi connectivity index (χ0n) is 13.3. The number of thiazole rings is 1. The van der Waals surface area contributed by atoms with E-state index in [0.717, 1.165) is 47.6 Å². The van der Waals surface area contributed by atoms with Crippen LogP contribution >= 0.6 is 22.9 Å². The van der Waals surface area contributed by atoms with Crippen molar-refractivity contribution in [2.75, 3.05) is 18.1 Å². The van der Waals surface area contributed by atoms with Crippen LogP contribution in [-0.2, 0) is 9.53 Å². The van der Waals surface area contributed by atoms with Gasteiger partial charge in [0.2, 0.25) is 5.91 Å². The molecule has 2 heterocycles. The minimum Gasteiger partial charge on any atom is -0.376 e. The number of nitrogens with zero attached hydrogens (tertiary/aromatic N) is 2. The maximum Gasteiger partial charge on any atom is 0.228 e. The lowest BCUT2D eigenvalue weighted by atomic mass is 10.2. The minimum atomic E-state index is 0.114. The second-order valence-corrected chi connectivity index (χ2v) is 7.24. The van der Waals surface area contributed by atoms with E-state index in [1.54, 1.807) is 4.90 Å². The highest BCUT2D eigenvalue weighted by Gasteiger charge is 2.26. The molecule has 3 rings (SSSR count). The molecule has 2 aromatic rings. The van der Waals surface area contributed by atoms with Crippen molar-refractivity contribution in [3.8, 4) is 0 Å². The van der Waals surface area contributed by atoms with Crippen LogP contribution in [0.4, 0.5) is 5.13 Å². The number of fused-ring (bicyclic) bond motifs is 1. The van der Waals surface area contributed by atoms with Gasteiger partial charge in [0, 0.05) is 13.0 Å². The van der Waals surface area contributed by atoms with Crippen molar-refractivity contribution in [3.63, 3.8) is 0 Å². The van der Waals surface area contributed by atoms with Crippen LogP contribution in [0.15, 0.2) is 18.2 Å². The van der Waals surface area contributed by atoms with E-state index in [-0.39, 0.29) is 12.0 Å². The number of rotatable bonds is 6. The highest BCUT2D eigenvalue weighted by Crippen LogP contribution is 2.33. The van der Waals surface area contributed by atoms with Crippen molar-refractivity contribution in [3.05, 3.63) is 23.2 Å². The van der Waals surface area contributed by atoms with Crippen molar-refractivity contribution in [2.45, 2.75) is 45.1 Å². The summed E-state index contributed by atoms with van der Waals surface area (Å²) < 4.78 is 6.72. The first kappa shape index (κ1) is 16.7. The molecular weight excluding hydrogens is 332 g/mol. The Kier molecular flexibility index (Phi) is 5.51. The van der Waals surface area contributed by atoms with Crippen molar-refractivity contribution in [2.24, 2.45) is 0 Å². The third-order valence-corrected chi connectivity index (χ3v) is 5.39. The normalized spacial score (nSPS) is 17.7. The number of unbranched alkanes of at least 4 members (excludes halogenated alkanes) is 1. The standard InChI is InChI=1S/C17H21ClN2O2S/c1-2-3-9-15(21)20(11-12-6-5-10-22-12)17-19-16-13(18)7-4-8-14(16)23-17/h4,7-8,12H,2-3,5-6,9-11H2,1H3. The summed E-state index contributed by atoms with van der Waals surface area (Å²) in [6.07, 6.45) is 4.63. The number of amides is 1. The summed E-state index contributed by atoms with van der Waals surface area (Å²) in [7, 11) is 0. The fourth-order valence-corrected chi connectivity index (χ4v) is 4.05. The number of hydrogen-bond donors (Lipinski definition) is 0. The number of carbonyl (C=O) groups excluding carboxylic acids is 1. The summed E-state index contributed by atoms with van der Waals surface area (Å²) in [5, 5.41) is 1.35. The molecule has 1 fully saturated rings. The first-order valence-corrected chi connectivity index (χ1v) is 9.35. The number of benzene rings is 1. The Morgan fingerprint density at radius 2 is 2.39 bits per heavy atom. The van der Waals surface area contributed by atoms with E-state index in [9.17, 15) is 4.79 Å². The molecule has 0 spiro atoms. The van der Waals surface area contributed by atoms with Gasteiger partial charge in [-0.2, -0.15) is 0 Å². The Hall–Kier alpha value is -1.17. The van der Waals surface area contributed by atoms with Crippen LogP contribution in [0.25, 0.3) is 10.2 Å². The second-order valence-electron chi connectivity index (χ2n) is 5.83. The molecule has 1 aromatic carbocycles. The lowest BCUT2D eigenvalue weighted by Gasteiger charge is -2.23. The van der Waals surface area contributed by atoms with E-state index in [2.05, 4.69) is 11.9 Å². The minimum absolute atomic E-state index is 0.114. The smallest absolute Gasteiger partial charge is 0.228 e. The van der Waals surface area contributed by atoms with Gasteiger partial charge < -0.3 is 4.74 Å². The first-order chi connectivity index (χ1) is 11.2. The second kappa shape index (κ2) is 7.60. The Morgan fingerprint density at radius 1 is 1.52 bits per heavy atom. The van der Waals surface area contributed by atoms with Crippen LogP contribution in [0.5, 0.6) is 0 Å². The number of ether oxygens (including phenoxy) is 1. The topological polar surface area (TPSA) is 42.4 Å². The van der Waals surface area contributed by atoms with Crippen molar-refractivity contribution in [1.82, 2.24) is 4.98 Å². The Balaban J connectivity index is 1.88. The zero-order chi connectivity index (χ0) is 16.2. The van der Waals surface area contributed by atoms with Crippen LogP contribution in [0, 0.1) is 0 Å². The Labute approximate surface area is 145 Å². The van der Waals surface area contributed by atoms with E-state index in [4.69, 9.17) is 16.3 Å². The molecule has 0 radical (unpaired) electrons. The number of anilines is 1. The lowest BCUT2D eigenvalue weighted by molar-refractivity contribution is -0.119. The highest BCUT2D eigenvalue weighted by atomic mass is 35.5. The lowest BCUT2D eigenvalue weighted by Crippen LogP contribution is -2.37. The van der Waals surface area contributed by atoms with Gasteiger partial charge in [-0.1, -0.05) is 42.3 Å². The van der Waals surface area contributed by atoms with Crippen molar-refractivity contribution in [1.29, 1.82) is 0 Å². The third-order valence-electron chi connectivity index (χ3n) is 4.04. The number of carbonyl (C=O) groups is 1. The summed E-state index contributed by atoms with van der Waals surface area (Å²) in [6.45, 7) is 3.46. The van der Waals surface area contributed by atoms with Crippen LogP contribution in [-0.4, -0.2) is 30.1 Å². The zero-order valence-corrected chi connectivity index (χ0v) is 14.8. The maximum atomic E-state index is 12.7. The number of para-hydroxylation sites is 1. The molecule has 0 bridgehead atoms. The van der Waals surface area contributed by atoms with E-state index < -0.39 is 0 Å². The summed E-state index contributed by atoms with van der Waals surface area (Å²) in [6, 6.07) is 5.73. The molecule has 0 N–H and O–H groups in total. The van der Waals surface area contributed by atoms with Crippen LogP contribution in [0.1, 0.15) is 39.0 Å². The Morgan fingerprint density at radius 3 is 3.09 bits per heavy atom. The molecule has 1 aromatic heterocycles. The van der Waals surface area contributed by atoms with E-state index >= 15 is 0 Å². The molecule has 1 amide bonds. The van der Waals surface area contributed by atoms with Crippen LogP contribution < -0.4 is 4.90 Å². The van der Waals surface area contributed by atoms with Crippen molar-refractivity contribution >= 4 is 44.2 Å². The average Bonchev–Trinajstić information content (AvgIpc) is 3.20. The summed E-state index contributed by atoms with van der Waals surface area (Å²) in [4.78, 5) is 19.1. The predicted molar refractivity (Wildman–Crippen MR) is 95.5 cm³/mol. The molecule has 124 valence electrons. The molecule has 23 heavy (non-hydrogen) atoms. The SMILES string of the molecule is CCCCC(=O)N(CC1CCCO1)c1nc2c(Cl)cccc2s1. The van der Waals surface area contributed by atoms with Gasteiger partial charge in [0.1, 0.15) is 5.52 Å². The van der Waals surface area contributed by atoms with Crippen LogP contribution in [0.3, 0.4) is 0 Å². The van der Waals surface area contributed by atoms with Gasteiger partial charge in [0.15, 0.2) is 5.13 Å². The molecule has 1 atom stereocenters. The molecule has 0 saturated carbocycles. The molecule has 0 aliphatic carbocycles. The van der Waals surface area contributed by atoms with E-state index in [0.29, 0.717) is 18.0 Å². The van der Waals surface area contributed by atoms with Gasteiger partial charge in [-0.05, 0) is 31.4 Å². The summed E-state index contributed by atoms with van der Waals surface area (Å²) >= 11 is 7.74. The molecule has 1 aliphatic heterocycles.